The van der Waals surface area contributed by atoms with Crippen LogP contribution in [-0.4, -0.2) is 60.7 Å². The van der Waals surface area contributed by atoms with Crippen LogP contribution in [0.15, 0.2) is 30.3 Å². The summed E-state index contributed by atoms with van der Waals surface area (Å²) in [5.74, 6) is 1.20. The number of aryl methyl sites for hydroxylation is 2. The molecule has 0 aliphatic carbocycles. The number of benzene rings is 1. The predicted octanol–water partition coefficient (Wildman–Crippen LogP) is 4.18. The van der Waals surface area contributed by atoms with Crippen LogP contribution in [0, 0.1) is 13.8 Å². The largest absolute Gasteiger partial charge is 0.383 e. The zero-order chi connectivity index (χ0) is 22.5. The molecule has 1 saturated heterocycles. The lowest BCUT2D eigenvalue weighted by Gasteiger charge is -2.32. The Morgan fingerprint density at radius 1 is 1.28 bits per heavy atom. The number of rotatable bonds is 8. The van der Waals surface area contributed by atoms with Gasteiger partial charge in [-0.15, -0.1) is 11.3 Å². The number of methoxy groups -OCH3 is 1. The van der Waals surface area contributed by atoms with E-state index >= 15 is 0 Å². The number of hydrogen-bond donors (Lipinski definition) is 2. The number of likely N-dealkylation sites (tertiary alicyclic amines) is 1. The van der Waals surface area contributed by atoms with Crippen LogP contribution in [-0.2, 0) is 9.53 Å². The zero-order valence-electron chi connectivity index (χ0n) is 19.0. The molecule has 4 rings (SSSR count). The maximum atomic E-state index is 12.6. The van der Waals surface area contributed by atoms with Crippen LogP contribution in [0.2, 0.25) is 0 Å². The van der Waals surface area contributed by atoms with Gasteiger partial charge in [-0.05, 0) is 44.7 Å². The number of aromatic nitrogens is 2. The highest BCUT2D eigenvalue weighted by Crippen LogP contribution is 2.31. The van der Waals surface area contributed by atoms with E-state index in [9.17, 15) is 4.79 Å². The third kappa shape index (κ3) is 5.43. The number of nitrogens with one attached hydrogen (secondary N) is 2. The van der Waals surface area contributed by atoms with Gasteiger partial charge in [0.2, 0.25) is 5.91 Å². The van der Waals surface area contributed by atoms with E-state index in [0.29, 0.717) is 30.7 Å². The summed E-state index contributed by atoms with van der Waals surface area (Å²) in [6.07, 6.45) is 2.13. The Morgan fingerprint density at radius 2 is 2.12 bits per heavy atom. The van der Waals surface area contributed by atoms with Crippen LogP contribution in [0.1, 0.15) is 35.0 Å². The molecule has 2 aromatic heterocycles. The van der Waals surface area contributed by atoms with Crippen LogP contribution in [0.4, 0.5) is 10.9 Å². The summed E-state index contributed by atoms with van der Waals surface area (Å²) in [4.78, 5) is 25.4. The number of ether oxygens (including phenoxy) is 1. The van der Waals surface area contributed by atoms with Crippen molar-refractivity contribution in [2.45, 2.75) is 32.6 Å². The molecule has 2 N–H and O–H groups in total. The number of nitrogens with zero attached hydrogens (tertiary/aromatic N) is 3. The molecule has 1 aromatic carbocycles. The molecule has 3 heterocycles. The Bertz CT molecular complexity index is 1060. The third-order valence-corrected chi connectivity index (χ3v) is 6.91. The average Bonchev–Trinajstić information content (AvgIpc) is 3.10. The van der Waals surface area contributed by atoms with Crippen molar-refractivity contribution in [2.75, 3.05) is 50.5 Å². The first-order valence-corrected chi connectivity index (χ1v) is 11.9. The first-order chi connectivity index (χ1) is 15.5. The van der Waals surface area contributed by atoms with Crippen LogP contribution in [0.25, 0.3) is 10.8 Å². The fourth-order valence-electron chi connectivity index (χ4n) is 4.16. The minimum absolute atomic E-state index is 0.00667. The van der Waals surface area contributed by atoms with Crippen molar-refractivity contribution in [1.82, 2.24) is 14.9 Å². The Labute approximate surface area is 193 Å². The smallest absolute Gasteiger partial charge is 0.240 e. The van der Waals surface area contributed by atoms with Crippen molar-refractivity contribution < 1.29 is 9.53 Å². The lowest BCUT2D eigenvalue weighted by atomic mass is 9.93. The van der Waals surface area contributed by atoms with Gasteiger partial charge in [0.25, 0.3) is 0 Å². The summed E-state index contributed by atoms with van der Waals surface area (Å²) in [5, 5.41) is 9.37. The molecule has 7 nitrogen and oxygen atoms in total. The van der Waals surface area contributed by atoms with Crippen molar-refractivity contribution in [2.24, 2.45) is 0 Å². The van der Waals surface area contributed by atoms with E-state index in [1.54, 1.807) is 7.11 Å². The van der Waals surface area contributed by atoms with Crippen LogP contribution < -0.4 is 10.6 Å². The molecule has 8 heteroatoms. The normalized spacial score (nSPS) is 16.9. The first-order valence-electron chi connectivity index (χ1n) is 11.1. The standard InChI is InChI=1S/C24H31N5O2S/c1-16-17(2)32-24(26-16)28-22(30)15-29-11-6-8-19(14-29)21-13-18-7-4-5-9-20(18)23(27-21)25-10-12-31-3/h4-5,7,9,13,19H,6,8,10-12,14-15H2,1-3H3,(H,25,27)(H,26,28,30). The molecule has 1 aliphatic heterocycles. The number of amides is 1. The van der Waals surface area contributed by atoms with Crippen LogP contribution >= 0.6 is 11.3 Å². The quantitative estimate of drug-likeness (QED) is 0.498. The molecule has 1 fully saturated rings. The molecule has 0 bridgehead atoms. The molecule has 1 amide bonds. The molecule has 1 atom stereocenters. The Balaban J connectivity index is 1.45. The van der Waals surface area contributed by atoms with Crippen molar-refractivity contribution >= 4 is 39.0 Å². The van der Waals surface area contributed by atoms with Crippen molar-refractivity contribution in [1.29, 1.82) is 0 Å². The molecular weight excluding hydrogens is 422 g/mol. The molecule has 1 unspecified atom stereocenters. The van der Waals surface area contributed by atoms with E-state index in [-0.39, 0.29) is 5.91 Å². The number of anilines is 2. The number of fused-ring (bicyclic) bond motifs is 1. The second kappa shape index (κ2) is 10.4. The van der Waals surface area contributed by atoms with Gasteiger partial charge >= 0.3 is 0 Å². The summed E-state index contributed by atoms with van der Waals surface area (Å²) in [6, 6.07) is 10.5. The number of piperidine rings is 1. The van der Waals surface area contributed by atoms with E-state index in [4.69, 9.17) is 9.72 Å². The Morgan fingerprint density at radius 3 is 2.91 bits per heavy atom. The van der Waals surface area contributed by atoms with E-state index in [2.05, 4.69) is 44.8 Å². The fourth-order valence-corrected chi connectivity index (χ4v) is 4.99. The number of carbonyl (C=O) groups excluding carboxylic acids is 1. The monoisotopic (exact) mass is 453 g/mol. The summed E-state index contributed by atoms with van der Waals surface area (Å²) < 4.78 is 5.19. The second-order valence-corrected chi connectivity index (χ2v) is 9.52. The van der Waals surface area contributed by atoms with Gasteiger partial charge in [-0.25, -0.2) is 9.97 Å². The van der Waals surface area contributed by atoms with E-state index in [0.717, 1.165) is 53.4 Å². The summed E-state index contributed by atoms with van der Waals surface area (Å²) in [6.45, 7) is 7.45. The van der Waals surface area contributed by atoms with Crippen molar-refractivity contribution in [3.05, 3.63) is 46.6 Å². The fraction of sp³-hybridized carbons (Fsp3) is 0.458. The maximum Gasteiger partial charge on any atom is 0.240 e. The van der Waals surface area contributed by atoms with Crippen molar-refractivity contribution in [3.8, 4) is 0 Å². The highest BCUT2D eigenvalue weighted by Gasteiger charge is 2.25. The summed E-state index contributed by atoms with van der Waals surface area (Å²) >= 11 is 1.53. The van der Waals surface area contributed by atoms with Gasteiger partial charge in [0.05, 0.1) is 18.8 Å². The third-order valence-electron chi connectivity index (χ3n) is 5.92. The van der Waals surface area contributed by atoms with Gasteiger partial charge in [0.15, 0.2) is 5.13 Å². The van der Waals surface area contributed by atoms with E-state index in [1.807, 2.05) is 19.9 Å². The molecule has 0 spiro atoms. The Kier molecular flexibility index (Phi) is 7.34. The number of carbonyl (C=O) groups is 1. The van der Waals surface area contributed by atoms with E-state index in [1.165, 1.54) is 16.7 Å². The minimum Gasteiger partial charge on any atom is -0.383 e. The Hall–Kier alpha value is -2.55. The summed E-state index contributed by atoms with van der Waals surface area (Å²) in [7, 11) is 1.70. The molecule has 170 valence electrons. The SMILES string of the molecule is COCCNc1nc(C2CCCN(CC(=O)Nc3nc(C)c(C)s3)C2)cc2ccccc12. The molecule has 1 aliphatic rings. The zero-order valence-corrected chi connectivity index (χ0v) is 19.8. The lowest BCUT2D eigenvalue weighted by molar-refractivity contribution is -0.117. The lowest BCUT2D eigenvalue weighted by Crippen LogP contribution is -2.40. The van der Waals surface area contributed by atoms with Crippen molar-refractivity contribution in [3.63, 3.8) is 0 Å². The highest BCUT2D eigenvalue weighted by atomic mass is 32.1. The van der Waals surface area contributed by atoms with Crippen LogP contribution in [0.5, 0.6) is 0 Å². The van der Waals surface area contributed by atoms with Gasteiger partial charge < -0.3 is 15.4 Å². The number of pyridine rings is 1. The molecule has 32 heavy (non-hydrogen) atoms. The molecule has 0 saturated carbocycles. The van der Waals surface area contributed by atoms with E-state index < -0.39 is 0 Å². The molecule has 3 aromatic rings. The number of hydrogen-bond acceptors (Lipinski definition) is 7. The van der Waals surface area contributed by atoms with Gasteiger partial charge in [0, 0.05) is 42.1 Å². The maximum absolute atomic E-state index is 12.6. The first kappa shape index (κ1) is 22.6. The average molecular weight is 454 g/mol. The van der Waals surface area contributed by atoms with Gasteiger partial charge in [-0.1, -0.05) is 24.3 Å². The summed E-state index contributed by atoms with van der Waals surface area (Å²) in [5.41, 5.74) is 2.06. The van der Waals surface area contributed by atoms with Crippen LogP contribution in [0.3, 0.4) is 0 Å². The van der Waals surface area contributed by atoms with Gasteiger partial charge in [0.1, 0.15) is 5.82 Å². The van der Waals surface area contributed by atoms with Gasteiger partial charge in [-0.3, -0.25) is 9.69 Å². The molecular formula is C24H31N5O2S. The highest BCUT2D eigenvalue weighted by molar-refractivity contribution is 7.15. The topological polar surface area (TPSA) is 79.4 Å². The molecule has 0 radical (unpaired) electrons. The minimum atomic E-state index is -0.00667. The predicted molar refractivity (Wildman–Crippen MR) is 131 cm³/mol. The number of thiazole rings is 1. The second-order valence-electron chi connectivity index (χ2n) is 8.32. The van der Waals surface area contributed by atoms with Gasteiger partial charge in [-0.2, -0.15) is 0 Å².